The summed E-state index contributed by atoms with van der Waals surface area (Å²) in [5, 5.41) is 9.02. The van der Waals surface area contributed by atoms with Crippen LogP contribution in [0.3, 0.4) is 0 Å². The van der Waals surface area contributed by atoms with E-state index in [0.717, 1.165) is 17.2 Å². The van der Waals surface area contributed by atoms with Crippen LogP contribution in [0, 0.1) is 0 Å². The zero-order valence-corrected chi connectivity index (χ0v) is 11.7. The van der Waals surface area contributed by atoms with Crippen molar-refractivity contribution in [1.82, 2.24) is 13.9 Å². The number of hydrogen-bond donors (Lipinski definition) is 1. The monoisotopic (exact) mass is 299 g/mol. The molecular weight excluding hydrogens is 286 g/mol. The normalized spacial score (nSPS) is 16.5. The van der Waals surface area contributed by atoms with E-state index >= 15 is 0 Å². The number of aliphatic hydroxyl groups excluding tert-OH is 1. The predicted molar refractivity (Wildman–Crippen MR) is 70.1 cm³/mol. The molecule has 1 aliphatic rings. The van der Waals surface area contributed by atoms with Gasteiger partial charge in [-0.25, -0.2) is 13.4 Å². The molecule has 0 amide bonds. The van der Waals surface area contributed by atoms with E-state index in [-0.39, 0.29) is 10.8 Å². The number of sulfonamides is 1. The third-order valence-electron chi connectivity index (χ3n) is 3.10. The third kappa shape index (κ3) is 2.20. The molecular formula is C11H13N3O3S2. The maximum atomic E-state index is 12.5. The van der Waals surface area contributed by atoms with Crippen LogP contribution in [0.5, 0.6) is 0 Å². The van der Waals surface area contributed by atoms with Crippen molar-refractivity contribution in [3.8, 4) is 0 Å². The van der Waals surface area contributed by atoms with Crippen LogP contribution >= 0.6 is 11.3 Å². The number of aromatic nitrogens is 2. The molecule has 0 bridgehead atoms. The molecule has 2 aromatic heterocycles. The molecule has 1 N–H and O–H groups in total. The first-order valence-corrected chi connectivity index (χ1v) is 8.06. The number of imidazole rings is 1. The lowest BCUT2D eigenvalue weighted by atomic mass is 10.4. The van der Waals surface area contributed by atoms with Crippen molar-refractivity contribution >= 4 is 21.4 Å². The summed E-state index contributed by atoms with van der Waals surface area (Å²) in [6.07, 6.45) is 3.54. The Morgan fingerprint density at radius 1 is 1.37 bits per heavy atom. The number of rotatable bonds is 3. The summed E-state index contributed by atoms with van der Waals surface area (Å²) in [6, 6.07) is 3.19. The van der Waals surface area contributed by atoms with Crippen LogP contribution in [-0.4, -0.2) is 33.9 Å². The van der Waals surface area contributed by atoms with Crippen molar-refractivity contribution in [3.05, 3.63) is 35.2 Å². The van der Waals surface area contributed by atoms with Gasteiger partial charge >= 0.3 is 0 Å². The SMILES string of the molecule is O=S(=O)(c1ccc(CO)s1)N1CCn2ccnc2C1. The molecule has 102 valence electrons. The van der Waals surface area contributed by atoms with Gasteiger partial charge in [0.2, 0.25) is 0 Å². The van der Waals surface area contributed by atoms with Gasteiger partial charge in [-0.1, -0.05) is 0 Å². The molecule has 0 atom stereocenters. The Bertz CT molecular complexity index is 690. The zero-order chi connectivity index (χ0) is 13.5. The van der Waals surface area contributed by atoms with Crippen molar-refractivity contribution < 1.29 is 13.5 Å². The number of aliphatic hydroxyl groups is 1. The second-order valence-corrected chi connectivity index (χ2v) is 7.59. The highest BCUT2D eigenvalue weighted by molar-refractivity contribution is 7.91. The summed E-state index contributed by atoms with van der Waals surface area (Å²) in [6.45, 7) is 1.22. The molecule has 1 aliphatic heterocycles. The highest BCUT2D eigenvalue weighted by atomic mass is 32.2. The average Bonchev–Trinajstić information content (AvgIpc) is 3.06. The van der Waals surface area contributed by atoms with E-state index in [1.54, 1.807) is 18.3 Å². The molecule has 0 unspecified atom stereocenters. The Labute approximate surface area is 115 Å². The Kier molecular flexibility index (Phi) is 3.17. The number of hydrogen-bond acceptors (Lipinski definition) is 5. The summed E-state index contributed by atoms with van der Waals surface area (Å²) in [5.41, 5.74) is 0. The van der Waals surface area contributed by atoms with Gasteiger partial charge in [-0.15, -0.1) is 11.3 Å². The quantitative estimate of drug-likeness (QED) is 0.902. The van der Waals surface area contributed by atoms with Crippen LogP contribution < -0.4 is 0 Å². The highest BCUT2D eigenvalue weighted by Crippen LogP contribution is 2.27. The molecule has 6 nitrogen and oxygen atoms in total. The van der Waals surface area contributed by atoms with E-state index < -0.39 is 10.0 Å². The number of fused-ring (bicyclic) bond motifs is 1. The molecule has 0 aliphatic carbocycles. The number of nitrogens with zero attached hydrogens (tertiary/aromatic N) is 3. The summed E-state index contributed by atoms with van der Waals surface area (Å²) < 4.78 is 28.6. The summed E-state index contributed by atoms with van der Waals surface area (Å²) in [4.78, 5) is 4.81. The maximum Gasteiger partial charge on any atom is 0.253 e. The van der Waals surface area contributed by atoms with Crippen molar-refractivity contribution in [2.75, 3.05) is 6.54 Å². The molecule has 0 fully saturated rings. The molecule has 0 spiro atoms. The van der Waals surface area contributed by atoms with E-state index in [2.05, 4.69) is 4.98 Å². The molecule has 8 heteroatoms. The standard InChI is InChI=1S/C11H13N3O3S2/c15-8-9-1-2-11(18-9)19(16,17)14-6-5-13-4-3-12-10(13)7-14/h1-4,15H,5-8H2. The molecule has 2 aromatic rings. The third-order valence-corrected chi connectivity index (χ3v) is 6.48. The second-order valence-electron chi connectivity index (χ2n) is 4.25. The molecule has 3 rings (SSSR count). The van der Waals surface area contributed by atoms with Crippen molar-refractivity contribution in [2.45, 2.75) is 23.9 Å². The van der Waals surface area contributed by atoms with Gasteiger partial charge in [0.05, 0.1) is 13.2 Å². The second kappa shape index (κ2) is 4.71. The lowest BCUT2D eigenvalue weighted by Crippen LogP contribution is -2.37. The fraction of sp³-hybridized carbons (Fsp3) is 0.364. The van der Waals surface area contributed by atoms with E-state index in [0.29, 0.717) is 24.5 Å². The Morgan fingerprint density at radius 2 is 2.21 bits per heavy atom. The lowest BCUT2D eigenvalue weighted by Gasteiger charge is -2.26. The van der Waals surface area contributed by atoms with Crippen molar-refractivity contribution in [3.63, 3.8) is 0 Å². The minimum Gasteiger partial charge on any atom is -0.391 e. The van der Waals surface area contributed by atoms with Crippen LogP contribution in [-0.2, 0) is 29.7 Å². The first kappa shape index (κ1) is 12.8. The Morgan fingerprint density at radius 3 is 2.95 bits per heavy atom. The van der Waals surface area contributed by atoms with Crippen LogP contribution in [0.25, 0.3) is 0 Å². The number of thiophene rings is 1. The van der Waals surface area contributed by atoms with E-state index in [1.807, 2.05) is 10.8 Å². The first-order valence-electron chi connectivity index (χ1n) is 5.81. The van der Waals surface area contributed by atoms with E-state index in [9.17, 15) is 8.42 Å². The van der Waals surface area contributed by atoms with Crippen molar-refractivity contribution in [2.24, 2.45) is 0 Å². The smallest absolute Gasteiger partial charge is 0.253 e. The summed E-state index contributed by atoms with van der Waals surface area (Å²) in [7, 11) is -3.48. The Balaban J connectivity index is 1.89. The molecule has 19 heavy (non-hydrogen) atoms. The maximum absolute atomic E-state index is 12.5. The van der Waals surface area contributed by atoms with Gasteiger partial charge in [0.1, 0.15) is 10.0 Å². The molecule has 0 saturated heterocycles. The van der Waals surface area contributed by atoms with Crippen molar-refractivity contribution in [1.29, 1.82) is 0 Å². The molecule has 0 radical (unpaired) electrons. The minimum absolute atomic E-state index is 0.134. The molecule has 3 heterocycles. The van der Waals surface area contributed by atoms with Gasteiger partial charge in [0, 0.05) is 30.4 Å². The summed E-state index contributed by atoms with van der Waals surface area (Å²) >= 11 is 1.11. The van der Waals surface area contributed by atoms with Gasteiger partial charge in [-0.3, -0.25) is 0 Å². The van der Waals surface area contributed by atoms with Crippen LogP contribution in [0.1, 0.15) is 10.7 Å². The fourth-order valence-corrected chi connectivity index (χ4v) is 4.82. The first-order chi connectivity index (χ1) is 9.11. The minimum atomic E-state index is -3.48. The fourth-order valence-electron chi connectivity index (χ4n) is 2.07. The molecule has 0 aromatic carbocycles. The lowest BCUT2D eigenvalue weighted by molar-refractivity contribution is 0.285. The van der Waals surface area contributed by atoms with Gasteiger partial charge in [-0.2, -0.15) is 4.31 Å². The van der Waals surface area contributed by atoms with Crippen LogP contribution in [0.4, 0.5) is 0 Å². The zero-order valence-electron chi connectivity index (χ0n) is 10.1. The summed E-state index contributed by atoms with van der Waals surface area (Å²) in [5.74, 6) is 0.758. The van der Waals surface area contributed by atoms with Gasteiger partial charge < -0.3 is 9.67 Å². The van der Waals surface area contributed by atoms with E-state index in [4.69, 9.17) is 5.11 Å². The highest BCUT2D eigenvalue weighted by Gasteiger charge is 2.29. The molecule has 0 saturated carbocycles. The van der Waals surface area contributed by atoms with Crippen LogP contribution in [0.15, 0.2) is 28.7 Å². The van der Waals surface area contributed by atoms with Gasteiger partial charge in [-0.05, 0) is 12.1 Å². The van der Waals surface area contributed by atoms with E-state index in [1.165, 1.54) is 4.31 Å². The predicted octanol–water partition coefficient (Wildman–Crippen LogP) is 0.641. The topological polar surface area (TPSA) is 75.4 Å². The van der Waals surface area contributed by atoms with Gasteiger partial charge in [0.25, 0.3) is 10.0 Å². The van der Waals surface area contributed by atoms with Crippen LogP contribution in [0.2, 0.25) is 0 Å². The van der Waals surface area contributed by atoms with Gasteiger partial charge in [0.15, 0.2) is 0 Å². The largest absolute Gasteiger partial charge is 0.391 e. The average molecular weight is 299 g/mol. The Hall–Kier alpha value is -1.22.